The third-order valence-electron chi connectivity index (χ3n) is 4.53. The highest BCUT2D eigenvalue weighted by Gasteiger charge is 2.38. The molecule has 0 unspecified atom stereocenters. The normalized spacial score (nSPS) is 28.3. The summed E-state index contributed by atoms with van der Waals surface area (Å²) in [6, 6.07) is 22.4. The number of nitrogens with one attached hydrogen (secondary N) is 2. The van der Waals surface area contributed by atoms with Crippen molar-refractivity contribution in [2.75, 3.05) is 0 Å². The molecule has 3 heteroatoms. The van der Waals surface area contributed by atoms with E-state index in [2.05, 4.69) is 83.0 Å². The molecule has 4 rings (SSSR count). The first-order valence-electron chi connectivity index (χ1n) is 8.00. The van der Waals surface area contributed by atoms with E-state index in [1.807, 2.05) is 0 Å². The zero-order chi connectivity index (χ0) is 14.8. The third-order valence-corrected chi connectivity index (χ3v) is 6.73. The lowest BCUT2D eigenvalue weighted by molar-refractivity contribution is 0.554. The maximum absolute atomic E-state index is 3.90. The summed E-state index contributed by atoms with van der Waals surface area (Å²) < 4.78 is 0. The monoisotopic (exact) mass is 308 g/mol. The summed E-state index contributed by atoms with van der Waals surface area (Å²) in [7, 11) is -0.359. The van der Waals surface area contributed by atoms with Crippen LogP contribution in [-0.2, 0) is 0 Å². The SMILES string of the molecule is C1=C[C@@H](P2N[C@@H](c3ccccc3)[C@H](c3ccccc3)N2)CC1. The van der Waals surface area contributed by atoms with Gasteiger partial charge in [0.15, 0.2) is 0 Å². The van der Waals surface area contributed by atoms with Crippen LogP contribution >= 0.6 is 8.22 Å². The van der Waals surface area contributed by atoms with Crippen LogP contribution < -0.4 is 10.2 Å². The molecule has 2 N–H and O–H groups in total. The van der Waals surface area contributed by atoms with Gasteiger partial charge < -0.3 is 0 Å². The predicted molar refractivity (Wildman–Crippen MR) is 93.7 cm³/mol. The first-order chi connectivity index (χ1) is 10.9. The molecule has 0 saturated carbocycles. The largest absolute Gasteiger partial charge is 0.274 e. The van der Waals surface area contributed by atoms with Crippen molar-refractivity contribution in [1.82, 2.24) is 10.2 Å². The van der Waals surface area contributed by atoms with Crippen LogP contribution in [0.3, 0.4) is 0 Å². The summed E-state index contributed by atoms with van der Waals surface area (Å²) in [4.78, 5) is 0. The van der Waals surface area contributed by atoms with Gasteiger partial charge in [-0.3, -0.25) is 10.2 Å². The minimum Gasteiger partial charge on any atom is -0.274 e. The van der Waals surface area contributed by atoms with Crippen molar-refractivity contribution in [1.29, 1.82) is 0 Å². The highest BCUT2D eigenvalue weighted by atomic mass is 31.1. The summed E-state index contributed by atoms with van der Waals surface area (Å²) >= 11 is 0. The molecule has 3 atom stereocenters. The number of hydrogen-bond acceptors (Lipinski definition) is 2. The van der Waals surface area contributed by atoms with Gasteiger partial charge in [-0.05, 0) is 24.0 Å². The fourth-order valence-corrected chi connectivity index (χ4v) is 5.72. The summed E-state index contributed by atoms with van der Waals surface area (Å²) in [6.45, 7) is 0. The van der Waals surface area contributed by atoms with Crippen molar-refractivity contribution in [2.45, 2.75) is 30.6 Å². The molecule has 0 amide bonds. The van der Waals surface area contributed by atoms with Gasteiger partial charge >= 0.3 is 0 Å². The predicted octanol–water partition coefficient (Wildman–Crippen LogP) is 4.69. The van der Waals surface area contributed by atoms with Crippen LogP contribution in [-0.4, -0.2) is 5.66 Å². The zero-order valence-electron chi connectivity index (χ0n) is 12.5. The Labute approximate surface area is 133 Å². The first kappa shape index (κ1) is 14.1. The maximum Gasteiger partial charge on any atom is 0.0565 e. The lowest BCUT2D eigenvalue weighted by Crippen LogP contribution is -2.17. The molecule has 2 aliphatic rings. The van der Waals surface area contributed by atoms with E-state index in [-0.39, 0.29) is 8.22 Å². The van der Waals surface area contributed by atoms with Gasteiger partial charge in [-0.15, -0.1) is 0 Å². The van der Waals surface area contributed by atoms with Gasteiger partial charge in [0.1, 0.15) is 0 Å². The van der Waals surface area contributed by atoms with E-state index in [1.54, 1.807) is 0 Å². The lowest BCUT2D eigenvalue weighted by Gasteiger charge is -2.19. The Bertz CT molecular complexity index is 593. The van der Waals surface area contributed by atoms with Crippen LogP contribution in [0.25, 0.3) is 0 Å². The zero-order valence-corrected chi connectivity index (χ0v) is 13.4. The van der Waals surface area contributed by atoms with Gasteiger partial charge in [0.05, 0.1) is 12.1 Å². The van der Waals surface area contributed by atoms with Crippen LogP contribution in [0, 0.1) is 0 Å². The van der Waals surface area contributed by atoms with Crippen molar-refractivity contribution >= 4 is 8.22 Å². The van der Waals surface area contributed by atoms with Gasteiger partial charge in [-0.1, -0.05) is 72.8 Å². The van der Waals surface area contributed by atoms with Crippen LogP contribution in [0.15, 0.2) is 72.8 Å². The topological polar surface area (TPSA) is 24.1 Å². The lowest BCUT2D eigenvalue weighted by atomic mass is 9.95. The number of allylic oxidation sites excluding steroid dienone is 2. The van der Waals surface area contributed by atoms with Crippen LogP contribution in [0.4, 0.5) is 0 Å². The van der Waals surface area contributed by atoms with Crippen molar-refractivity contribution in [2.24, 2.45) is 0 Å². The van der Waals surface area contributed by atoms with Crippen molar-refractivity contribution in [3.8, 4) is 0 Å². The van der Waals surface area contributed by atoms with Crippen LogP contribution in [0.5, 0.6) is 0 Å². The maximum atomic E-state index is 3.90. The summed E-state index contributed by atoms with van der Waals surface area (Å²) in [5.41, 5.74) is 3.40. The van der Waals surface area contributed by atoms with E-state index in [1.165, 1.54) is 24.0 Å². The van der Waals surface area contributed by atoms with Gasteiger partial charge in [0, 0.05) is 13.9 Å². The molecule has 1 aliphatic heterocycles. The fraction of sp³-hybridized carbons (Fsp3) is 0.263. The minimum atomic E-state index is -0.359. The molecule has 2 aromatic carbocycles. The Morgan fingerprint density at radius 1 is 0.773 bits per heavy atom. The Kier molecular flexibility index (Phi) is 4.07. The number of hydrogen-bond donors (Lipinski definition) is 2. The van der Waals surface area contributed by atoms with Gasteiger partial charge in [-0.25, -0.2) is 0 Å². The second kappa shape index (κ2) is 6.34. The Morgan fingerprint density at radius 3 is 1.77 bits per heavy atom. The second-order valence-electron chi connectivity index (χ2n) is 5.98. The standard InChI is InChI=1S/C19H21N2P/c1-3-9-15(10-4-1)18-19(16-11-5-2-6-12-16)21-22(20-18)17-13-7-8-14-17/h1-7,9-13,17-21H,8,14H2/t17-,18+,19+/m1/s1. The molecular weight excluding hydrogens is 287 g/mol. The van der Waals surface area contributed by atoms with Crippen molar-refractivity contribution in [3.63, 3.8) is 0 Å². The number of rotatable bonds is 3. The average Bonchev–Trinajstić information content (AvgIpc) is 3.26. The van der Waals surface area contributed by atoms with Crippen LogP contribution in [0.2, 0.25) is 0 Å². The molecule has 0 spiro atoms. The molecule has 1 saturated heterocycles. The Morgan fingerprint density at radius 2 is 1.32 bits per heavy atom. The van der Waals surface area contributed by atoms with E-state index in [9.17, 15) is 0 Å². The molecule has 1 heterocycles. The average molecular weight is 308 g/mol. The van der Waals surface area contributed by atoms with Gasteiger partial charge in [0.25, 0.3) is 0 Å². The molecule has 112 valence electrons. The summed E-state index contributed by atoms with van der Waals surface area (Å²) in [5.74, 6) is 0. The third kappa shape index (κ3) is 2.75. The molecule has 1 fully saturated rings. The van der Waals surface area contributed by atoms with E-state index in [0.29, 0.717) is 17.7 Å². The van der Waals surface area contributed by atoms with E-state index in [4.69, 9.17) is 0 Å². The van der Waals surface area contributed by atoms with E-state index in [0.717, 1.165) is 0 Å². The molecule has 0 bridgehead atoms. The molecule has 2 aromatic rings. The van der Waals surface area contributed by atoms with E-state index >= 15 is 0 Å². The van der Waals surface area contributed by atoms with Gasteiger partial charge in [0.2, 0.25) is 0 Å². The number of benzene rings is 2. The van der Waals surface area contributed by atoms with Crippen molar-refractivity contribution < 1.29 is 0 Å². The molecular formula is C19H21N2P. The molecule has 1 aliphatic carbocycles. The Hall–Kier alpha value is -1.47. The molecule has 0 aromatic heterocycles. The molecule has 0 radical (unpaired) electrons. The Balaban J connectivity index is 1.65. The van der Waals surface area contributed by atoms with E-state index < -0.39 is 0 Å². The molecule has 22 heavy (non-hydrogen) atoms. The van der Waals surface area contributed by atoms with Crippen molar-refractivity contribution in [3.05, 3.63) is 83.9 Å². The summed E-state index contributed by atoms with van der Waals surface area (Å²) in [5, 5.41) is 7.80. The first-order valence-corrected chi connectivity index (χ1v) is 9.41. The quantitative estimate of drug-likeness (QED) is 0.635. The van der Waals surface area contributed by atoms with Gasteiger partial charge in [-0.2, -0.15) is 0 Å². The summed E-state index contributed by atoms with van der Waals surface area (Å²) in [6.07, 6.45) is 7.21. The van der Waals surface area contributed by atoms with Crippen LogP contribution in [0.1, 0.15) is 36.1 Å². The smallest absolute Gasteiger partial charge is 0.0565 e. The minimum absolute atomic E-state index is 0.351. The molecule has 2 nitrogen and oxygen atoms in total. The highest BCUT2D eigenvalue weighted by molar-refractivity contribution is 7.54. The second-order valence-corrected chi connectivity index (χ2v) is 7.90. The highest BCUT2D eigenvalue weighted by Crippen LogP contribution is 2.52. The fourth-order valence-electron chi connectivity index (χ4n) is 3.36.